The van der Waals surface area contributed by atoms with Crippen molar-refractivity contribution < 1.29 is 9.90 Å². The van der Waals surface area contributed by atoms with Crippen LogP contribution in [-0.2, 0) is 11.2 Å². The molecule has 0 aromatic carbocycles. The van der Waals surface area contributed by atoms with Gasteiger partial charge in [-0.25, -0.2) is 0 Å². The van der Waals surface area contributed by atoms with Crippen molar-refractivity contribution in [1.29, 1.82) is 0 Å². The van der Waals surface area contributed by atoms with E-state index in [4.69, 9.17) is 0 Å². The van der Waals surface area contributed by atoms with Gasteiger partial charge in [-0.15, -0.1) is 22.7 Å². The Hall–Kier alpha value is -1.43. The molecule has 1 atom stereocenters. The van der Waals surface area contributed by atoms with Crippen molar-refractivity contribution in [1.82, 2.24) is 4.90 Å². The average Bonchev–Trinajstić information content (AvgIpc) is 3.30. The zero-order valence-corrected chi connectivity index (χ0v) is 16.2. The molecule has 0 saturated carbocycles. The first-order valence-corrected chi connectivity index (χ1v) is 10.7. The number of hydrogen-bond acceptors (Lipinski definition) is 4. The number of aryl methyl sites for hydroxylation is 1. The monoisotopic (exact) mass is 375 g/mol. The van der Waals surface area contributed by atoms with Crippen LogP contribution >= 0.6 is 22.7 Å². The zero-order valence-electron chi connectivity index (χ0n) is 14.6. The fraction of sp³-hybridized carbons (Fsp3) is 0.450. The molecule has 1 N–H and O–H groups in total. The second-order valence-electron chi connectivity index (χ2n) is 6.49. The van der Waals surface area contributed by atoms with Gasteiger partial charge in [0.2, 0.25) is 0 Å². The van der Waals surface area contributed by atoms with E-state index in [1.165, 1.54) is 20.9 Å². The standard InChI is InChI=1S/C20H25NO2S2/c1-2-15-9-13-25-19(15)17(18-8-5-12-24-18)7-4-11-21-10-3-6-16(14-21)20(22)23/h5,7-9,12-13,16H,2-4,6,10-11,14H2,1H3,(H,22,23). The van der Waals surface area contributed by atoms with Crippen molar-refractivity contribution in [2.24, 2.45) is 5.92 Å². The van der Waals surface area contributed by atoms with Gasteiger partial charge < -0.3 is 10.0 Å². The van der Waals surface area contributed by atoms with Crippen molar-refractivity contribution in [2.45, 2.75) is 32.6 Å². The van der Waals surface area contributed by atoms with Crippen molar-refractivity contribution in [2.75, 3.05) is 19.6 Å². The molecule has 1 aliphatic heterocycles. The molecule has 2 aromatic heterocycles. The second-order valence-corrected chi connectivity index (χ2v) is 8.35. The summed E-state index contributed by atoms with van der Waals surface area (Å²) in [5.74, 6) is -0.843. The molecule has 1 saturated heterocycles. The van der Waals surface area contributed by atoms with Crippen molar-refractivity contribution in [3.63, 3.8) is 0 Å². The Bertz CT molecular complexity index is 718. The fourth-order valence-corrected chi connectivity index (χ4v) is 5.33. The number of nitrogens with zero attached hydrogens (tertiary/aromatic N) is 1. The minimum absolute atomic E-state index is 0.196. The summed E-state index contributed by atoms with van der Waals surface area (Å²) in [5, 5.41) is 13.5. The van der Waals surface area contributed by atoms with E-state index in [0.717, 1.165) is 38.8 Å². The first kappa shape index (κ1) is 18.4. The molecule has 0 radical (unpaired) electrons. The summed E-state index contributed by atoms with van der Waals surface area (Å²) >= 11 is 3.60. The molecular formula is C20H25NO2S2. The summed E-state index contributed by atoms with van der Waals surface area (Å²) in [4.78, 5) is 16.2. The lowest BCUT2D eigenvalue weighted by molar-refractivity contribution is -0.143. The van der Waals surface area contributed by atoms with Crippen molar-refractivity contribution >= 4 is 34.2 Å². The SMILES string of the molecule is CCc1ccsc1C(=CCCN1CCCC(C(=O)O)C1)c1cccs1. The Kier molecular flexibility index (Phi) is 6.45. The molecule has 2 aromatic rings. The number of rotatable bonds is 7. The second kappa shape index (κ2) is 8.79. The molecule has 3 nitrogen and oxygen atoms in total. The highest BCUT2D eigenvalue weighted by molar-refractivity contribution is 7.13. The highest BCUT2D eigenvalue weighted by Crippen LogP contribution is 2.34. The van der Waals surface area contributed by atoms with Crippen LogP contribution in [0, 0.1) is 5.92 Å². The molecule has 1 fully saturated rings. The van der Waals surface area contributed by atoms with Crippen LogP contribution < -0.4 is 0 Å². The first-order chi connectivity index (χ1) is 12.2. The number of carboxylic acids is 1. The Morgan fingerprint density at radius 1 is 1.36 bits per heavy atom. The van der Waals surface area contributed by atoms with Gasteiger partial charge in [-0.05, 0) is 60.7 Å². The molecule has 25 heavy (non-hydrogen) atoms. The van der Waals surface area contributed by atoms with Gasteiger partial charge >= 0.3 is 5.97 Å². The molecule has 1 aliphatic rings. The van der Waals surface area contributed by atoms with Crippen LogP contribution in [0.5, 0.6) is 0 Å². The normalized spacial score (nSPS) is 19.2. The Balaban J connectivity index is 1.71. The van der Waals surface area contributed by atoms with Gasteiger partial charge in [-0.3, -0.25) is 4.79 Å². The molecule has 0 amide bonds. The van der Waals surface area contributed by atoms with E-state index in [2.05, 4.69) is 46.9 Å². The summed E-state index contributed by atoms with van der Waals surface area (Å²) in [6.45, 7) is 4.85. The minimum Gasteiger partial charge on any atom is -0.481 e. The van der Waals surface area contributed by atoms with Gasteiger partial charge in [0.05, 0.1) is 5.92 Å². The van der Waals surface area contributed by atoms with Crippen LogP contribution in [0.4, 0.5) is 0 Å². The van der Waals surface area contributed by atoms with Gasteiger partial charge in [0.25, 0.3) is 0 Å². The maximum absolute atomic E-state index is 11.2. The summed E-state index contributed by atoms with van der Waals surface area (Å²) in [6, 6.07) is 6.52. The minimum atomic E-state index is -0.648. The van der Waals surface area contributed by atoms with E-state index in [1.54, 1.807) is 11.3 Å². The lowest BCUT2D eigenvalue weighted by Gasteiger charge is -2.30. The third-order valence-electron chi connectivity index (χ3n) is 4.81. The number of carbonyl (C=O) groups is 1. The molecule has 1 unspecified atom stereocenters. The maximum atomic E-state index is 11.2. The highest BCUT2D eigenvalue weighted by atomic mass is 32.1. The van der Waals surface area contributed by atoms with Gasteiger partial charge in [0.1, 0.15) is 0 Å². The number of likely N-dealkylation sites (tertiary alicyclic amines) is 1. The van der Waals surface area contributed by atoms with Crippen LogP contribution in [0.1, 0.15) is 41.5 Å². The highest BCUT2D eigenvalue weighted by Gasteiger charge is 2.24. The largest absolute Gasteiger partial charge is 0.481 e. The predicted molar refractivity (Wildman–Crippen MR) is 107 cm³/mol. The van der Waals surface area contributed by atoms with E-state index in [9.17, 15) is 9.90 Å². The topological polar surface area (TPSA) is 40.5 Å². The number of aliphatic carboxylic acids is 1. The smallest absolute Gasteiger partial charge is 0.307 e. The van der Waals surface area contributed by atoms with E-state index < -0.39 is 5.97 Å². The summed E-state index contributed by atoms with van der Waals surface area (Å²) in [5.41, 5.74) is 2.75. The number of hydrogen-bond donors (Lipinski definition) is 1. The lowest BCUT2D eigenvalue weighted by atomic mass is 9.98. The molecule has 3 rings (SSSR count). The number of carboxylic acid groups (broad SMARTS) is 1. The summed E-state index contributed by atoms with van der Waals surface area (Å²) in [6.07, 6.45) is 6.16. The van der Waals surface area contributed by atoms with E-state index in [-0.39, 0.29) is 5.92 Å². The Morgan fingerprint density at radius 2 is 2.24 bits per heavy atom. The summed E-state index contributed by atoms with van der Waals surface area (Å²) < 4.78 is 0. The zero-order chi connectivity index (χ0) is 17.6. The molecule has 3 heterocycles. The van der Waals surface area contributed by atoms with Crippen LogP contribution in [0.3, 0.4) is 0 Å². The molecule has 0 bridgehead atoms. The van der Waals surface area contributed by atoms with Crippen LogP contribution in [-0.4, -0.2) is 35.6 Å². The number of piperidine rings is 1. The molecule has 0 spiro atoms. The Morgan fingerprint density at radius 3 is 2.96 bits per heavy atom. The van der Waals surface area contributed by atoms with E-state index >= 15 is 0 Å². The Labute approximate surface area is 157 Å². The van der Waals surface area contributed by atoms with Crippen LogP contribution in [0.25, 0.3) is 5.57 Å². The third kappa shape index (κ3) is 4.60. The molecule has 0 aliphatic carbocycles. The van der Waals surface area contributed by atoms with E-state index in [1.807, 2.05) is 11.3 Å². The number of thiophene rings is 2. The average molecular weight is 376 g/mol. The van der Waals surface area contributed by atoms with Gasteiger partial charge in [-0.1, -0.05) is 19.1 Å². The van der Waals surface area contributed by atoms with Crippen molar-refractivity contribution in [3.05, 3.63) is 50.4 Å². The van der Waals surface area contributed by atoms with Gasteiger partial charge in [-0.2, -0.15) is 0 Å². The van der Waals surface area contributed by atoms with Crippen LogP contribution in [0.2, 0.25) is 0 Å². The fourth-order valence-electron chi connectivity index (χ4n) is 3.44. The first-order valence-electron chi connectivity index (χ1n) is 8.95. The third-order valence-corrected chi connectivity index (χ3v) is 6.70. The van der Waals surface area contributed by atoms with Crippen molar-refractivity contribution in [3.8, 4) is 0 Å². The van der Waals surface area contributed by atoms with Gasteiger partial charge in [0, 0.05) is 28.4 Å². The van der Waals surface area contributed by atoms with Gasteiger partial charge in [0.15, 0.2) is 0 Å². The molecular weight excluding hydrogens is 350 g/mol. The summed E-state index contributed by atoms with van der Waals surface area (Å²) in [7, 11) is 0. The molecule has 5 heteroatoms. The van der Waals surface area contributed by atoms with E-state index in [0.29, 0.717) is 6.54 Å². The lowest BCUT2D eigenvalue weighted by Crippen LogP contribution is -2.39. The maximum Gasteiger partial charge on any atom is 0.307 e. The molecule has 134 valence electrons. The predicted octanol–water partition coefficient (Wildman–Crippen LogP) is 4.99. The van der Waals surface area contributed by atoms with Crippen LogP contribution in [0.15, 0.2) is 35.0 Å². The quantitative estimate of drug-likeness (QED) is 0.741.